The number of hydrogen-bond acceptors (Lipinski definition) is 5. The van der Waals surface area contributed by atoms with E-state index in [2.05, 4.69) is 0 Å². The minimum Gasteiger partial charge on any atom is -0.492 e. The zero-order chi connectivity index (χ0) is 18.4. The topological polar surface area (TPSA) is 80.7 Å². The molecule has 1 heterocycles. The quantitative estimate of drug-likeness (QED) is 0.427. The van der Waals surface area contributed by atoms with Crippen LogP contribution in [-0.2, 0) is 7.05 Å². The summed E-state index contributed by atoms with van der Waals surface area (Å²) in [6.07, 6.45) is 1.82. The van der Waals surface area contributed by atoms with Gasteiger partial charge in [0, 0.05) is 31.9 Å². The predicted octanol–water partition coefficient (Wildman–Crippen LogP) is 1.89. The number of hydrogen-bond donors (Lipinski definition) is 2. The number of benzene rings is 1. The van der Waals surface area contributed by atoms with Crippen LogP contribution in [0, 0.1) is 0 Å². The third kappa shape index (κ3) is 4.43. The van der Waals surface area contributed by atoms with Gasteiger partial charge in [0.2, 0.25) is 9.76 Å². The van der Waals surface area contributed by atoms with Crippen LogP contribution in [0.15, 0.2) is 35.3 Å². The van der Waals surface area contributed by atoms with Crippen LogP contribution in [0.3, 0.4) is 0 Å². The summed E-state index contributed by atoms with van der Waals surface area (Å²) >= 11 is 0. The molecule has 134 valence electrons. The van der Waals surface area contributed by atoms with Crippen LogP contribution in [0.2, 0.25) is 6.04 Å². The number of anilines is 2. The van der Waals surface area contributed by atoms with Crippen molar-refractivity contribution in [1.29, 1.82) is 0 Å². The smallest absolute Gasteiger partial charge is 0.273 e. The molecule has 0 aliphatic carbocycles. The molecule has 0 spiro atoms. The molecule has 7 heteroatoms. The summed E-state index contributed by atoms with van der Waals surface area (Å²) < 4.78 is 7.17. The lowest BCUT2D eigenvalue weighted by molar-refractivity contribution is 0.338. The van der Waals surface area contributed by atoms with Gasteiger partial charge in [0.1, 0.15) is 11.4 Å². The van der Waals surface area contributed by atoms with Gasteiger partial charge in [0.25, 0.3) is 5.56 Å². The summed E-state index contributed by atoms with van der Waals surface area (Å²) in [7, 11) is 1.63. The molecule has 2 aromatic rings. The van der Waals surface area contributed by atoms with E-state index in [1.807, 2.05) is 49.2 Å². The number of aromatic nitrogens is 1. The number of nitrogens with two attached hydrogens (primary N) is 1. The summed E-state index contributed by atoms with van der Waals surface area (Å²) in [5.41, 5.74) is 9.17. The highest BCUT2D eigenvalue weighted by atomic mass is 28.2. The average molecular weight is 360 g/mol. The molecule has 2 rings (SSSR count). The monoisotopic (exact) mass is 359 g/mol. The Balaban J connectivity index is 2.38. The van der Waals surface area contributed by atoms with Gasteiger partial charge in [-0.2, -0.15) is 0 Å². The molecule has 0 saturated heterocycles. The Kier molecular flexibility index (Phi) is 6.66. The highest BCUT2D eigenvalue weighted by molar-refractivity contribution is 6.25. The van der Waals surface area contributed by atoms with Crippen molar-refractivity contribution in [1.82, 2.24) is 4.57 Å². The maximum absolute atomic E-state index is 12.4. The molecular weight excluding hydrogens is 334 g/mol. The largest absolute Gasteiger partial charge is 0.492 e. The molecule has 0 unspecified atom stereocenters. The second-order valence-electron chi connectivity index (χ2n) is 5.71. The number of ether oxygens (including phenoxy) is 1. The van der Waals surface area contributed by atoms with Gasteiger partial charge in [-0.15, -0.1) is 0 Å². The first kappa shape index (κ1) is 19.1. The molecule has 1 aromatic carbocycles. The summed E-state index contributed by atoms with van der Waals surface area (Å²) in [6.45, 7) is 6.05. The van der Waals surface area contributed by atoms with Crippen LogP contribution in [-0.4, -0.2) is 38.8 Å². The lowest BCUT2D eigenvalue weighted by Crippen LogP contribution is -2.31. The fourth-order valence-electron chi connectivity index (χ4n) is 2.71. The Bertz CT molecular complexity index is 773. The van der Waals surface area contributed by atoms with Crippen molar-refractivity contribution >= 4 is 21.1 Å². The Labute approximate surface area is 150 Å². The normalized spacial score (nSPS) is 10.7. The first-order valence-electron chi connectivity index (χ1n) is 8.37. The lowest BCUT2D eigenvalue weighted by atomic mass is 10.1. The van der Waals surface area contributed by atoms with Gasteiger partial charge in [-0.3, -0.25) is 4.79 Å². The molecule has 6 nitrogen and oxygen atoms in total. The van der Waals surface area contributed by atoms with E-state index in [0.717, 1.165) is 24.2 Å². The Hall–Kier alpha value is -2.25. The molecule has 0 bridgehead atoms. The van der Waals surface area contributed by atoms with Crippen molar-refractivity contribution in [2.45, 2.75) is 19.9 Å². The number of pyridine rings is 1. The summed E-state index contributed by atoms with van der Waals surface area (Å²) in [4.78, 5) is 23.3. The standard InChI is InChI=1S/C18H25N3O3Si/c1-4-21(5-2)16-11-14(12-20(3)18(16)22)13-6-7-17(15(19)10-13)24-8-9-25-23/h6-7,10-12,23H,4-5,8-9,19H2,1-3H3. The fourth-order valence-corrected chi connectivity index (χ4v) is 2.90. The predicted molar refractivity (Wildman–Crippen MR) is 103 cm³/mol. The van der Waals surface area contributed by atoms with Crippen LogP contribution in [0.5, 0.6) is 5.75 Å². The van der Waals surface area contributed by atoms with Crippen LogP contribution < -0.4 is 20.9 Å². The van der Waals surface area contributed by atoms with Crippen LogP contribution in [0.4, 0.5) is 11.4 Å². The second-order valence-corrected chi connectivity index (χ2v) is 6.53. The number of nitrogens with zero attached hydrogens (tertiary/aromatic N) is 2. The third-order valence-corrected chi connectivity index (χ3v) is 4.51. The zero-order valence-corrected chi connectivity index (χ0v) is 16.0. The van der Waals surface area contributed by atoms with E-state index in [1.165, 1.54) is 0 Å². The molecule has 25 heavy (non-hydrogen) atoms. The molecular formula is C18H25N3O3Si. The van der Waals surface area contributed by atoms with Crippen LogP contribution in [0.25, 0.3) is 11.1 Å². The van der Waals surface area contributed by atoms with Crippen molar-refractivity contribution in [3.63, 3.8) is 0 Å². The molecule has 0 saturated carbocycles. The van der Waals surface area contributed by atoms with Crippen molar-refractivity contribution < 1.29 is 9.53 Å². The van der Waals surface area contributed by atoms with Crippen molar-refractivity contribution in [2.75, 3.05) is 30.3 Å². The fraction of sp³-hybridized carbons (Fsp3) is 0.389. The van der Waals surface area contributed by atoms with E-state index in [-0.39, 0.29) is 15.3 Å². The van der Waals surface area contributed by atoms with Crippen molar-refractivity contribution in [3.8, 4) is 16.9 Å². The summed E-state index contributed by atoms with van der Waals surface area (Å²) in [5, 5.41) is 0. The van der Waals surface area contributed by atoms with Crippen LogP contribution >= 0.6 is 0 Å². The maximum Gasteiger partial charge on any atom is 0.273 e. The number of nitrogen functional groups attached to an aromatic ring is 1. The van der Waals surface area contributed by atoms with Gasteiger partial charge in [-0.1, -0.05) is 6.07 Å². The zero-order valence-electron chi connectivity index (χ0n) is 15.0. The highest BCUT2D eigenvalue weighted by Gasteiger charge is 2.12. The molecule has 3 N–H and O–H groups in total. The van der Waals surface area contributed by atoms with Gasteiger partial charge in [-0.25, -0.2) is 0 Å². The van der Waals surface area contributed by atoms with E-state index in [4.69, 9.17) is 15.3 Å². The number of aryl methyl sites for hydroxylation is 1. The van der Waals surface area contributed by atoms with Crippen LogP contribution in [0.1, 0.15) is 13.8 Å². The Morgan fingerprint density at radius 3 is 2.56 bits per heavy atom. The van der Waals surface area contributed by atoms with E-state index in [0.29, 0.717) is 29.8 Å². The lowest BCUT2D eigenvalue weighted by Gasteiger charge is -2.21. The van der Waals surface area contributed by atoms with Gasteiger partial charge >= 0.3 is 0 Å². The van der Waals surface area contributed by atoms with E-state index in [1.54, 1.807) is 11.6 Å². The SMILES string of the molecule is CCN(CC)c1cc(-c2ccc(OCC[Si]O)c(N)c2)cn(C)c1=O. The Morgan fingerprint density at radius 1 is 1.24 bits per heavy atom. The van der Waals surface area contributed by atoms with Crippen molar-refractivity contribution in [3.05, 3.63) is 40.8 Å². The summed E-state index contributed by atoms with van der Waals surface area (Å²) in [6, 6.07) is 8.11. The second kappa shape index (κ2) is 8.73. The Morgan fingerprint density at radius 2 is 1.96 bits per heavy atom. The van der Waals surface area contributed by atoms with E-state index >= 15 is 0 Å². The van der Waals surface area contributed by atoms with Crippen molar-refractivity contribution in [2.24, 2.45) is 7.05 Å². The average Bonchev–Trinajstić information content (AvgIpc) is 2.61. The maximum atomic E-state index is 12.4. The molecule has 1 aromatic heterocycles. The van der Waals surface area contributed by atoms with E-state index < -0.39 is 0 Å². The first-order valence-corrected chi connectivity index (χ1v) is 9.52. The summed E-state index contributed by atoms with van der Waals surface area (Å²) in [5.74, 6) is 0.607. The van der Waals surface area contributed by atoms with Gasteiger partial charge in [-0.05, 0) is 43.7 Å². The van der Waals surface area contributed by atoms with Gasteiger partial charge < -0.3 is 24.7 Å². The van der Waals surface area contributed by atoms with Gasteiger partial charge in [0.15, 0.2) is 0 Å². The molecule has 0 aliphatic heterocycles. The minimum atomic E-state index is -0.128. The third-order valence-electron chi connectivity index (χ3n) is 4.08. The first-order chi connectivity index (χ1) is 12.0. The molecule has 2 radical (unpaired) electrons. The minimum absolute atomic E-state index is 0.00906. The number of rotatable bonds is 8. The highest BCUT2D eigenvalue weighted by Crippen LogP contribution is 2.29. The molecule has 0 aliphatic rings. The molecule has 0 amide bonds. The molecule has 0 fully saturated rings. The molecule has 0 atom stereocenters. The van der Waals surface area contributed by atoms with E-state index in [9.17, 15) is 4.79 Å². The van der Waals surface area contributed by atoms with Gasteiger partial charge in [0.05, 0.1) is 12.3 Å².